The SMILES string of the molecule is C=[N+](C)C1=C(/C(C)=C\C)N(C)B(c2c(C)cccc2C)N1c1ccccc1C. The van der Waals surface area contributed by atoms with Crippen LogP contribution in [0.3, 0.4) is 0 Å². The van der Waals surface area contributed by atoms with Crippen molar-refractivity contribution >= 4 is 24.9 Å². The maximum Gasteiger partial charge on any atom is 0.538 e. The lowest BCUT2D eigenvalue weighted by Gasteiger charge is -2.26. The first-order chi connectivity index (χ1) is 13.3. The molecular weight excluding hydrogens is 341 g/mol. The topological polar surface area (TPSA) is 9.49 Å². The van der Waals surface area contributed by atoms with Crippen LogP contribution in [0.1, 0.15) is 30.5 Å². The number of allylic oxidation sites excluding steroid dienone is 2. The van der Waals surface area contributed by atoms with Crippen molar-refractivity contribution in [3.05, 3.63) is 82.3 Å². The number of hydrogen-bond acceptors (Lipinski definition) is 2. The quantitative estimate of drug-likeness (QED) is 0.451. The lowest BCUT2D eigenvalue weighted by Crippen LogP contribution is -2.55. The summed E-state index contributed by atoms with van der Waals surface area (Å²) in [5, 5.41) is 0. The van der Waals surface area contributed by atoms with E-state index in [4.69, 9.17) is 0 Å². The monoisotopic (exact) mass is 372 g/mol. The third-order valence-corrected chi connectivity index (χ3v) is 5.75. The summed E-state index contributed by atoms with van der Waals surface area (Å²) in [7, 11) is 4.23. The van der Waals surface area contributed by atoms with Crippen molar-refractivity contribution in [2.75, 3.05) is 18.9 Å². The summed E-state index contributed by atoms with van der Waals surface area (Å²) >= 11 is 0. The van der Waals surface area contributed by atoms with E-state index >= 15 is 0 Å². The number of hydrogen-bond donors (Lipinski definition) is 0. The van der Waals surface area contributed by atoms with Crippen LogP contribution in [0.2, 0.25) is 0 Å². The average Bonchev–Trinajstić information content (AvgIpc) is 2.95. The van der Waals surface area contributed by atoms with Gasteiger partial charge in [-0.05, 0) is 70.0 Å². The Kier molecular flexibility index (Phi) is 5.51. The molecule has 1 aliphatic rings. The maximum atomic E-state index is 4.28. The summed E-state index contributed by atoms with van der Waals surface area (Å²) in [5.74, 6) is 1.13. The first-order valence-electron chi connectivity index (χ1n) is 9.85. The van der Waals surface area contributed by atoms with E-state index in [0.29, 0.717) is 0 Å². The van der Waals surface area contributed by atoms with Gasteiger partial charge in [0.2, 0.25) is 0 Å². The van der Waals surface area contributed by atoms with Crippen LogP contribution in [0.5, 0.6) is 0 Å². The second kappa shape index (κ2) is 7.71. The van der Waals surface area contributed by atoms with E-state index in [1.54, 1.807) is 0 Å². The Morgan fingerprint density at radius 1 is 1.00 bits per heavy atom. The predicted octanol–water partition coefficient (Wildman–Crippen LogP) is 4.24. The number of benzene rings is 2. The van der Waals surface area contributed by atoms with E-state index in [1.165, 1.54) is 39.1 Å². The van der Waals surface area contributed by atoms with Crippen LogP contribution in [0.15, 0.2) is 65.6 Å². The van der Waals surface area contributed by atoms with Gasteiger partial charge in [-0.3, -0.25) is 4.81 Å². The van der Waals surface area contributed by atoms with Crippen molar-refractivity contribution in [2.24, 2.45) is 0 Å². The smallest absolute Gasteiger partial charge is 0.366 e. The Morgan fingerprint density at radius 2 is 1.57 bits per heavy atom. The van der Waals surface area contributed by atoms with E-state index < -0.39 is 0 Å². The van der Waals surface area contributed by atoms with Gasteiger partial charge in [-0.1, -0.05) is 42.5 Å². The fraction of sp³-hybridized carbons (Fsp3) is 0.292. The van der Waals surface area contributed by atoms with E-state index in [9.17, 15) is 0 Å². The summed E-state index contributed by atoms with van der Waals surface area (Å²) < 4.78 is 2.00. The highest BCUT2D eigenvalue weighted by atomic mass is 15.4. The normalized spacial score (nSPS) is 15.0. The van der Waals surface area contributed by atoms with Gasteiger partial charge in [0.1, 0.15) is 11.4 Å². The first kappa shape index (κ1) is 20.0. The molecule has 3 rings (SSSR count). The third-order valence-electron chi connectivity index (χ3n) is 5.75. The zero-order chi connectivity index (χ0) is 20.6. The van der Waals surface area contributed by atoms with Gasteiger partial charge in [0, 0.05) is 5.46 Å². The van der Waals surface area contributed by atoms with Gasteiger partial charge in [-0.2, -0.15) is 0 Å². The van der Waals surface area contributed by atoms with E-state index in [0.717, 1.165) is 5.82 Å². The Labute approximate surface area is 170 Å². The zero-order valence-electron chi connectivity index (χ0n) is 18.2. The lowest BCUT2D eigenvalue weighted by atomic mass is 9.61. The minimum atomic E-state index is 0.0754. The van der Waals surface area contributed by atoms with Crippen LogP contribution >= 0.6 is 0 Å². The average molecular weight is 372 g/mol. The summed E-state index contributed by atoms with van der Waals surface area (Å²) in [6, 6.07) is 15.2. The second-order valence-corrected chi connectivity index (χ2v) is 7.79. The van der Waals surface area contributed by atoms with Crippen LogP contribution < -0.4 is 10.3 Å². The number of rotatable bonds is 4. The molecule has 4 heteroatoms. The molecule has 0 atom stereocenters. The Balaban J connectivity index is 2.37. The van der Waals surface area contributed by atoms with Crippen molar-refractivity contribution in [1.82, 2.24) is 4.81 Å². The number of aryl methyl sites for hydroxylation is 3. The van der Waals surface area contributed by atoms with Crippen molar-refractivity contribution in [2.45, 2.75) is 34.6 Å². The molecule has 0 aliphatic carbocycles. The van der Waals surface area contributed by atoms with Crippen LogP contribution in [0, 0.1) is 20.8 Å². The predicted molar refractivity (Wildman–Crippen MR) is 122 cm³/mol. The highest BCUT2D eigenvalue weighted by molar-refractivity contribution is 6.77. The molecule has 1 aliphatic heterocycles. The number of anilines is 1. The molecule has 0 bridgehead atoms. The first-order valence-corrected chi connectivity index (χ1v) is 9.85. The summed E-state index contributed by atoms with van der Waals surface area (Å²) in [6.45, 7) is 15.2. The number of para-hydroxylation sites is 1. The molecule has 3 nitrogen and oxygen atoms in total. The summed E-state index contributed by atoms with van der Waals surface area (Å²) in [5.41, 5.74) is 8.90. The Hall–Kier alpha value is -2.75. The molecule has 2 aromatic rings. The Morgan fingerprint density at radius 3 is 2.11 bits per heavy atom. The van der Waals surface area contributed by atoms with Gasteiger partial charge in [0.25, 0.3) is 5.82 Å². The van der Waals surface area contributed by atoms with Gasteiger partial charge in [0.05, 0.1) is 13.8 Å². The third kappa shape index (κ3) is 3.17. The van der Waals surface area contributed by atoms with Gasteiger partial charge in [-0.15, -0.1) is 0 Å². The minimum Gasteiger partial charge on any atom is -0.366 e. The van der Waals surface area contributed by atoms with Gasteiger partial charge in [0.15, 0.2) is 0 Å². The molecule has 1 heterocycles. The molecule has 0 aromatic heterocycles. The molecule has 0 saturated carbocycles. The molecule has 0 amide bonds. The van der Waals surface area contributed by atoms with Gasteiger partial charge >= 0.3 is 6.98 Å². The highest BCUT2D eigenvalue weighted by Crippen LogP contribution is 2.36. The van der Waals surface area contributed by atoms with E-state index in [2.05, 4.69) is 107 Å². The van der Waals surface area contributed by atoms with Crippen molar-refractivity contribution in [3.63, 3.8) is 0 Å². The summed E-state index contributed by atoms with van der Waals surface area (Å²) in [6.07, 6.45) is 2.18. The number of nitrogens with zero attached hydrogens (tertiary/aromatic N) is 3. The number of likely N-dealkylation sites (N-methyl/N-ethyl adjacent to an activating group) is 1. The van der Waals surface area contributed by atoms with E-state index in [1.807, 2.05) is 11.6 Å². The van der Waals surface area contributed by atoms with E-state index in [-0.39, 0.29) is 6.98 Å². The van der Waals surface area contributed by atoms with Crippen molar-refractivity contribution < 1.29 is 4.58 Å². The standard InChI is InChI=1S/C24H31BN3/c1-9-17(2)23-24(26(6)7)28(21-16-11-10-13-18(21)3)25(27(23)8)22-19(4)14-12-15-20(22)5/h9-16H,6H2,1-5,7-8H3/q+1/b17-9-. The molecule has 0 radical (unpaired) electrons. The van der Waals surface area contributed by atoms with Gasteiger partial charge < -0.3 is 4.81 Å². The minimum absolute atomic E-state index is 0.0754. The van der Waals surface area contributed by atoms with Crippen molar-refractivity contribution in [3.8, 4) is 0 Å². The highest BCUT2D eigenvalue weighted by Gasteiger charge is 2.52. The van der Waals surface area contributed by atoms with Crippen LogP contribution in [-0.4, -0.2) is 37.2 Å². The molecule has 0 spiro atoms. The van der Waals surface area contributed by atoms with Crippen LogP contribution in [-0.2, 0) is 0 Å². The molecule has 144 valence electrons. The lowest BCUT2D eigenvalue weighted by molar-refractivity contribution is -0.435. The molecule has 28 heavy (non-hydrogen) atoms. The molecule has 0 unspecified atom stereocenters. The van der Waals surface area contributed by atoms with Gasteiger partial charge in [-0.25, -0.2) is 4.58 Å². The van der Waals surface area contributed by atoms with Crippen LogP contribution in [0.25, 0.3) is 0 Å². The summed E-state index contributed by atoms with van der Waals surface area (Å²) in [4.78, 5) is 4.84. The Bertz CT molecular complexity index is 967. The van der Waals surface area contributed by atoms with Crippen LogP contribution in [0.4, 0.5) is 5.69 Å². The largest absolute Gasteiger partial charge is 0.538 e. The molecule has 0 saturated heterocycles. The fourth-order valence-electron chi connectivity index (χ4n) is 4.28. The molecule has 0 fully saturated rings. The molecule has 0 N–H and O–H groups in total. The van der Waals surface area contributed by atoms with Crippen molar-refractivity contribution in [1.29, 1.82) is 0 Å². The zero-order valence-corrected chi connectivity index (χ0v) is 18.2. The molecular formula is C24H31BN3+. The second-order valence-electron chi connectivity index (χ2n) is 7.79. The molecule has 2 aromatic carbocycles. The maximum absolute atomic E-state index is 4.28. The fourth-order valence-corrected chi connectivity index (χ4v) is 4.28.